The number of hydrogen-bond donors (Lipinski definition) is 1. The number of aromatic nitrogens is 2. The Morgan fingerprint density at radius 3 is 2.69 bits per heavy atom. The van der Waals surface area contributed by atoms with E-state index >= 15 is 0 Å². The number of hydrogen-bond acceptors (Lipinski definition) is 4. The maximum Gasteiger partial charge on any atom is 0.356 e. The molecule has 2 aromatic heterocycles. The predicted molar refractivity (Wildman–Crippen MR) is 58.0 cm³/mol. The topological polar surface area (TPSA) is 72.2 Å². The van der Waals surface area contributed by atoms with Gasteiger partial charge >= 0.3 is 5.97 Å². The first-order chi connectivity index (χ1) is 7.59. The van der Waals surface area contributed by atoms with Crippen molar-refractivity contribution >= 4 is 23.2 Å². The van der Waals surface area contributed by atoms with Gasteiger partial charge in [0.25, 0.3) is 5.91 Å². The van der Waals surface area contributed by atoms with Crippen LogP contribution in [0.3, 0.4) is 0 Å². The molecule has 0 unspecified atom stereocenters. The van der Waals surface area contributed by atoms with Crippen LogP contribution in [0, 0.1) is 6.92 Å². The van der Waals surface area contributed by atoms with Crippen LogP contribution in [0.4, 0.5) is 0 Å². The van der Waals surface area contributed by atoms with E-state index in [1.165, 1.54) is 23.6 Å². The highest BCUT2D eigenvalue weighted by Crippen LogP contribution is 2.16. The third-order valence-corrected chi connectivity index (χ3v) is 3.08. The smallest absolute Gasteiger partial charge is 0.356 e. The van der Waals surface area contributed by atoms with Crippen molar-refractivity contribution < 1.29 is 14.7 Å². The van der Waals surface area contributed by atoms with Gasteiger partial charge in [-0.25, -0.2) is 9.48 Å². The van der Waals surface area contributed by atoms with Crippen LogP contribution in [0.2, 0.25) is 0 Å². The van der Waals surface area contributed by atoms with Crippen molar-refractivity contribution in [2.24, 2.45) is 0 Å². The summed E-state index contributed by atoms with van der Waals surface area (Å²) in [5.74, 6) is -1.45. The maximum atomic E-state index is 11.9. The van der Waals surface area contributed by atoms with Gasteiger partial charge in [-0.15, -0.1) is 11.3 Å². The Labute approximate surface area is 94.9 Å². The minimum absolute atomic E-state index is 0.137. The van der Waals surface area contributed by atoms with Crippen molar-refractivity contribution in [2.45, 2.75) is 6.92 Å². The maximum absolute atomic E-state index is 11.9. The lowest BCUT2D eigenvalue weighted by Gasteiger charge is -1.98. The Morgan fingerprint density at radius 1 is 1.44 bits per heavy atom. The fraction of sp³-hybridized carbons (Fsp3) is 0.100. The molecule has 0 aliphatic carbocycles. The van der Waals surface area contributed by atoms with Gasteiger partial charge in [0.15, 0.2) is 5.69 Å². The number of aromatic carboxylic acids is 1. The molecule has 0 aliphatic heterocycles. The zero-order chi connectivity index (χ0) is 11.7. The Hall–Kier alpha value is -1.95. The number of nitrogens with zero attached hydrogens (tertiary/aromatic N) is 2. The molecule has 16 heavy (non-hydrogen) atoms. The molecule has 1 N–H and O–H groups in total. The zero-order valence-corrected chi connectivity index (χ0v) is 9.19. The lowest BCUT2D eigenvalue weighted by atomic mass is 10.3. The van der Waals surface area contributed by atoms with E-state index in [1.807, 2.05) is 18.4 Å². The SMILES string of the molecule is Cc1ccsc1C(=O)n1ccc(C(=O)O)n1. The van der Waals surface area contributed by atoms with Crippen molar-refractivity contribution in [3.05, 3.63) is 39.8 Å². The molecule has 0 aliphatic rings. The Balaban J connectivity index is 2.35. The van der Waals surface area contributed by atoms with E-state index in [4.69, 9.17) is 5.11 Å². The summed E-state index contributed by atoms with van der Waals surface area (Å²) in [5, 5.41) is 14.2. The van der Waals surface area contributed by atoms with Crippen molar-refractivity contribution in [3.63, 3.8) is 0 Å². The molecule has 0 atom stereocenters. The van der Waals surface area contributed by atoms with E-state index in [1.54, 1.807) is 0 Å². The van der Waals surface area contributed by atoms with Gasteiger partial charge in [0.2, 0.25) is 0 Å². The highest BCUT2D eigenvalue weighted by Gasteiger charge is 2.15. The number of thiophene rings is 1. The Bertz CT molecular complexity index is 556. The molecule has 6 heteroatoms. The van der Waals surface area contributed by atoms with Crippen LogP contribution < -0.4 is 0 Å². The van der Waals surface area contributed by atoms with Crippen LogP contribution in [0.1, 0.15) is 25.7 Å². The third-order valence-electron chi connectivity index (χ3n) is 2.07. The fourth-order valence-electron chi connectivity index (χ4n) is 1.25. The number of carbonyl (C=O) groups excluding carboxylic acids is 1. The van der Waals surface area contributed by atoms with Crippen molar-refractivity contribution in [3.8, 4) is 0 Å². The van der Waals surface area contributed by atoms with Gasteiger partial charge in [-0.1, -0.05) is 0 Å². The summed E-state index contributed by atoms with van der Waals surface area (Å²) in [4.78, 5) is 23.1. The highest BCUT2D eigenvalue weighted by atomic mass is 32.1. The van der Waals surface area contributed by atoms with E-state index in [2.05, 4.69) is 5.10 Å². The van der Waals surface area contributed by atoms with E-state index < -0.39 is 5.97 Å². The molecule has 82 valence electrons. The van der Waals surface area contributed by atoms with E-state index in [0.29, 0.717) is 4.88 Å². The molecule has 2 heterocycles. The molecule has 0 spiro atoms. The molecule has 0 aromatic carbocycles. The summed E-state index contributed by atoms with van der Waals surface area (Å²) in [7, 11) is 0. The minimum atomic E-state index is -1.14. The highest BCUT2D eigenvalue weighted by molar-refractivity contribution is 7.12. The summed E-state index contributed by atoms with van der Waals surface area (Å²) in [6, 6.07) is 3.13. The number of aryl methyl sites for hydroxylation is 1. The largest absolute Gasteiger partial charge is 0.476 e. The number of carboxylic acids is 1. The normalized spacial score (nSPS) is 10.3. The quantitative estimate of drug-likeness (QED) is 0.860. The van der Waals surface area contributed by atoms with Gasteiger partial charge in [-0.3, -0.25) is 4.79 Å². The van der Waals surface area contributed by atoms with Gasteiger partial charge in [-0.2, -0.15) is 5.10 Å². The molecule has 2 aromatic rings. The van der Waals surface area contributed by atoms with Crippen LogP contribution in [0.5, 0.6) is 0 Å². The summed E-state index contributed by atoms with van der Waals surface area (Å²) >= 11 is 1.31. The first-order valence-electron chi connectivity index (χ1n) is 4.47. The average molecular weight is 236 g/mol. The summed E-state index contributed by atoms with van der Waals surface area (Å²) in [6.07, 6.45) is 1.35. The van der Waals surface area contributed by atoms with Crippen molar-refractivity contribution in [1.29, 1.82) is 0 Å². The Kier molecular flexibility index (Phi) is 2.57. The molecule has 5 nitrogen and oxygen atoms in total. The van der Waals surface area contributed by atoms with Crippen molar-refractivity contribution in [2.75, 3.05) is 0 Å². The number of rotatable bonds is 2. The Morgan fingerprint density at radius 2 is 2.19 bits per heavy atom. The van der Waals surface area contributed by atoms with Crippen LogP contribution >= 0.6 is 11.3 Å². The summed E-state index contributed by atoms with van der Waals surface area (Å²) in [5.41, 5.74) is 0.727. The second-order valence-corrected chi connectivity index (χ2v) is 4.10. The average Bonchev–Trinajstić information content (AvgIpc) is 2.84. The van der Waals surface area contributed by atoms with E-state index in [9.17, 15) is 9.59 Å². The molecule has 2 rings (SSSR count). The number of carboxylic acid groups (broad SMARTS) is 1. The predicted octanol–water partition coefficient (Wildman–Crippen LogP) is 1.64. The standard InChI is InChI=1S/C10H8N2O3S/c1-6-3-5-16-8(6)9(13)12-4-2-7(11-12)10(14)15/h2-5H,1H3,(H,14,15). The van der Waals surface area contributed by atoms with E-state index in [0.717, 1.165) is 10.2 Å². The van der Waals surface area contributed by atoms with Crippen LogP contribution in [0.25, 0.3) is 0 Å². The lowest BCUT2D eigenvalue weighted by Crippen LogP contribution is -2.13. The van der Waals surface area contributed by atoms with Crippen LogP contribution in [0.15, 0.2) is 23.7 Å². The summed E-state index contributed by atoms with van der Waals surface area (Å²) in [6.45, 7) is 1.82. The summed E-state index contributed by atoms with van der Waals surface area (Å²) < 4.78 is 1.04. The van der Waals surface area contributed by atoms with Crippen LogP contribution in [-0.4, -0.2) is 26.8 Å². The van der Waals surface area contributed by atoms with Gasteiger partial charge in [0.05, 0.1) is 4.88 Å². The molecular weight excluding hydrogens is 228 g/mol. The van der Waals surface area contributed by atoms with E-state index in [-0.39, 0.29) is 11.6 Å². The van der Waals surface area contributed by atoms with Gasteiger partial charge in [0.1, 0.15) is 0 Å². The molecule has 0 radical (unpaired) electrons. The van der Waals surface area contributed by atoms with Gasteiger partial charge in [-0.05, 0) is 30.0 Å². The van der Waals surface area contributed by atoms with Gasteiger partial charge < -0.3 is 5.11 Å². The van der Waals surface area contributed by atoms with Crippen LogP contribution in [-0.2, 0) is 0 Å². The number of carbonyl (C=O) groups is 2. The third kappa shape index (κ3) is 1.74. The molecule has 0 amide bonds. The van der Waals surface area contributed by atoms with Crippen molar-refractivity contribution in [1.82, 2.24) is 9.78 Å². The molecule has 0 fully saturated rings. The molecular formula is C10H8N2O3S. The molecule has 0 saturated carbocycles. The first kappa shape index (κ1) is 10.6. The second-order valence-electron chi connectivity index (χ2n) is 3.19. The molecule has 0 bridgehead atoms. The zero-order valence-electron chi connectivity index (χ0n) is 8.38. The fourth-order valence-corrected chi connectivity index (χ4v) is 2.10. The lowest BCUT2D eigenvalue weighted by molar-refractivity contribution is 0.0689. The monoisotopic (exact) mass is 236 g/mol. The van der Waals surface area contributed by atoms with Gasteiger partial charge in [0, 0.05) is 6.20 Å². The minimum Gasteiger partial charge on any atom is -0.476 e. The molecule has 0 saturated heterocycles. The first-order valence-corrected chi connectivity index (χ1v) is 5.35. The second kappa shape index (κ2) is 3.90.